The molecule has 2 amide bonds. The molecular formula is C23H28F3N5O5S. The largest absolute Gasteiger partial charge is 0.417 e. The van der Waals surface area contributed by atoms with Gasteiger partial charge in [-0.1, -0.05) is 6.07 Å². The maximum absolute atomic E-state index is 13.8. The molecule has 0 heterocycles. The van der Waals surface area contributed by atoms with Crippen LogP contribution in [0.25, 0.3) is 0 Å². The van der Waals surface area contributed by atoms with Crippen LogP contribution in [0.15, 0.2) is 47.4 Å². The number of anilines is 1. The van der Waals surface area contributed by atoms with Crippen molar-refractivity contribution in [3.63, 3.8) is 0 Å². The van der Waals surface area contributed by atoms with Gasteiger partial charge in [0.2, 0.25) is 21.8 Å². The van der Waals surface area contributed by atoms with E-state index in [9.17, 15) is 31.2 Å². The Hall–Kier alpha value is -3.49. The van der Waals surface area contributed by atoms with Crippen molar-refractivity contribution in [3.8, 4) is 0 Å². The summed E-state index contributed by atoms with van der Waals surface area (Å²) in [7, 11) is -1.99. The molecule has 0 aliphatic heterocycles. The number of rotatable bonds is 11. The van der Waals surface area contributed by atoms with E-state index in [1.807, 2.05) is 0 Å². The number of halogens is 3. The average Bonchev–Trinajstić information content (AvgIpc) is 2.81. The van der Waals surface area contributed by atoms with Crippen LogP contribution in [0, 0.1) is 5.41 Å². The van der Waals surface area contributed by atoms with Crippen LogP contribution < -0.4 is 16.4 Å². The summed E-state index contributed by atoms with van der Waals surface area (Å²) in [5.74, 6) is -1.57. The first-order valence-corrected chi connectivity index (χ1v) is 12.3. The number of alkyl halides is 3. The molecule has 0 saturated carbocycles. The monoisotopic (exact) mass is 543 g/mol. The molecule has 0 fully saturated rings. The van der Waals surface area contributed by atoms with E-state index in [1.165, 1.54) is 44.4 Å². The van der Waals surface area contributed by atoms with Crippen molar-refractivity contribution in [2.75, 3.05) is 32.6 Å². The minimum Gasteiger partial charge on any atom is -0.384 e. The Kier molecular flexibility index (Phi) is 9.78. The van der Waals surface area contributed by atoms with Crippen LogP contribution in [0.2, 0.25) is 0 Å². The predicted molar refractivity (Wildman–Crippen MR) is 130 cm³/mol. The smallest absolute Gasteiger partial charge is 0.384 e. The Balaban J connectivity index is 2.14. The van der Waals surface area contributed by atoms with Gasteiger partial charge in [0, 0.05) is 32.0 Å². The van der Waals surface area contributed by atoms with E-state index in [1.54, 1.807) is 0 Å². The molecule has 1 atom stereocenters. The fourth-order valence-electron chi connectivity index (χ4n) is 3.23. The predicted octanol–water partition coefficient (Wildman–Crippen LogP) is 2.46. The van der Waals surface area contributed by atoms with E-state index >= 15 is 0 Å². The number of carbonyl (C=O) groups is 2. The lowest BCUT2D eigenvalue weighted by molar-refractivity contribution is -0.140. The molecule has 0 aliphatic carbocycles. The van der Waals surface area contributed by atoms with Gasteiger partial charge in [-0.3, -0.25) is 15.0 Å². The van der Waals surface area contributed by atoms with Gasteiger partial charge in [0.25, 0.3) is 0 Å². The third-order valence-electron chi connectivity index (χ3n) is 5.29. The summed E-state index contributed by atoms with van der Waals surface area (Å²) in [6.07, 6.45) is -5.59. The van der Waals surface area contributed by atoms with Crippen molar-refractivity contribution in [2.24, 2.45) is 5.73 Å². The van der Waals surface area contributed by atoms with Crippen molar-refractivity contribution in [3.05, 3.63) is 59.2 Å². The number of amides is 2. The normalized spacial score (nSPS) is 12.7. The SMILES string of the molecule is COCCN(C)S(=O)(=O)c1ccc(C(C)NC(=O)CC(=O)Nc2ccc(C(=N)N)cc2)cc1C(F)(F)F. The number of nitrogens with one attached hydrogen (secondary N) is 3. The maximum atomic E-state index is 13.8. The number of methoxy groups -OCH3 is 1. The van der Waals surface area contributed by atoms with Crippen LogP contribution in [-0.2, 0) is 30.5 Å². The van der Waals surface area contributed by atoms with Crippen molar-refractivity contribution in [2.45, 2.75) is 30.5 Å². The molecule has 2 rings (SSSR count). The summed E-state index contributed by atoms with van der Waals surface area (Å²) >= 11 is 0. The molecule has 2 aromatic rings. The van der Waals surface area contributed by atoms with Crippen LogP contribution in [0.1, 0.15) is 36.1 Å². The number of nitrogens with zero attached hydrogens (tertiary/aromatic N) is 1. The van der Waals surface area contributed by atoms with Crippen molar-refractivity contribution >= 4 is 33.4 Å². The topological polar surface area (TPSA) is 155 Å². The number of ether oxygens (including phenoxy) is 1. The van der Waals surface area contributed by atoms with Crippen molar-refractivity contribution in [1.82, 2.24) is 9.62 Å². The Bertz CT molecular complexity index is 1250. The highest BCUT2D eigenvalue weighted by Crippen LogP contribution is 2.36. The van der Waals surface area contributed by atoms with E-state index in [0.717, 1.165) is 17.4 Å². The molecule has 0 aromatic heterocycles. The first-order valence-electron chi connectivity index (χ1n) is 10.9. The molecule has 0 bridgehead atoms. The molecule has 37 heavy (non-hydrogen) atoms. The fraction of sp³-hybridized carbons (Fsp3) is 0.348. The van der Waals surface area contributed by atoms with Gasteiger partial charge < -0.3 is 21.1 Å². The molecule has 202 valence electrons. The van der Waals surface area contributed by atoms with Gasteiger partial charge in [-0.2, -0.15) is 17.5 Å². The van der Waals surface area contributed by atoms with Crippen molar-refractivity contribution in [1.29, 1.82) is 5.41 Å². The van der Waals surface area contributed by atoms with E-state index in [2.05, 4.69) is 10.6 Å². The number of benzene rings is 2. The lowest BCUT2D eigenvalue weighted by atomic mass is 10.0. The van der Waals surface area contributed by atoms with Crippen LogP contribution in [0.4, 0.5) is 18.9 Å². The minimum atomic E-state index is -4.98. The molecular weight excluding hydrogens is 515 g/mol. The van der Waals surface area contributed by atoms with Crippen LogP contribution in [0.3, 0.4) is 0 Å². The highest BCUT2D eigenvalue weighted by molar-refractivity contribution is 7.89. The van der Waals surface area contributed by atoms with Gasteiger partial charge in [-0.15, -0.1) is 0 Å². The molecule has 5 N–H and O–H groups in total. The van der Waals surface area contributed by atoms with E-state index in [-0.39, 0.29) is 24.6 Å². The molecule has 10 nitrogen and oxygen atoms in total. The lowest BCUT2D eigenvalue weighted by Gasteiger charge is -2.22. The van der Waals surface area contributed by atoms with Gasteiger partial charge in [0.1, 0.15) is 12.3 Å². The third-order valence-corrected chi connectivity index (χ3v) is 7.20. The number of carbonyl (C=O) groups excluding carboxylic acids is 2. The van der Waals surface area contributed by atoms with Crippen molar-refractivity contribution < 1.29 is 35.9 Å². The number of sulfonamides is 1. The zero-order valence-electron chi connectivity index (χ0n) is 20.3. The highest BCUT2D eigenvalue weighted by atomic mass is 32.2. The third kappa shape index (κ3) is 8.00. The Morgan fingerprint density at radius 3 is 2.30 bits per heavy atom. The number of nitrogens with two attached hydrogens (primary N) is 1. The summed E-state index contributed by atoms with van der Waals surface area (Å²) in [6, 6.07) is 7.74. The van der Waals surface area contributed by atoms with Gasteiger partial charge in [-0.25, -0.2) is 8.42 Å². The van der Waals surface area contributed by atoms with Crippen LogP contribution >= 0.6 is 0 Å². The Labute approximate surface area is 212 Å². The van der Waals surface area contributed by atoms with Crippen LogP contribution in [0.5, 0.6) is 0 Å². The molecule has 0 spiro atoms. The van der Waals surface area contributed by atoms with Gasteiger partial charge in [0.15, 0.2) is 0 Å². The number of hydrogen-bond acceptors (Lipinski definition) is 6. The summed E-state index contributed by atoms with van der Waals surface area (Å²) in [6.45, 7) is 1.26. The summed E-state index contributed by atoms with van der Waals surface area (Å²) in [4.78, 5) is 23.6. The average molecular weight is 544 g/mol. The lowest BCUT2D eigenvalue weighted by Crippen LogP contribution is -2.32. The number of amidine groups is 1. The Morgan fingerprint density at radius 1 is 1.14 bits per heavy atom. The number of nitrogen functional groups attached to an aromatic ring is 1. The Morgan fingerprint density at radius 2 is 1.76 bits per heavy atom. The van der Waals surface area contributed by atoms with Gasteiger partial charge in [0.05, 0.1) is 23.1 Å². The number of hydrogen-bond donors (Lipinski definition) is 4. The minimum absolute atomic E-state index is 0.000556. The molecule has 0 saturated heterocycles. The van der Waals surface area contributed by atoms with E-state index in [0.29, 0.717) is 17.3 Å². The quantitative estimate of drug-likeness (QED) is 0.194. The zero-order valence-corrected chi connectivity index (χ0v) is 21.2. The molecule has 14 heteroatoms. The maximum Gasteiger partial charge on any atom is 0.417 e. The van der Waals surface area contributed by atoms with Gasteiger partial charge >= 0.3 is 6.18 Å². The summed E-state index contributed by atoms with van der Waals surface area (Å²) in [5.41, 5.74) is 4.80. The molecule has 0 radical (unpaired) electrons. The van der Waals surface area contributed by atoms with Crippen LogP contribution in [-0.4, -0.2) is 57.7 Å². The second-order valence-electron chi connectivity index (χ2n) is 8.08. The second kappa shape index (κ2) is 12.2. The fourth-order valence-corrected chi connectivity index (χ4v) is 4.57. The van der Waals surface area contributed by atoms with E-state index < -0.39 is 50.9 Å². The summed E-state index contributed by atoms with van der Waals surface area (Å²) < 4.78 is 72.4. The zero-order chi connectivity index (χ0) is 28.0. The van der Waals surface area contributed by atoms with E-state index in [4.69, 9.17) is 15.9 Å². The molecule has 1 unspecified atom stereocenters. The first-order chi connectivity index (χ1) is 17.2. The number of likely N-dealkylation sites (N-methyl/N-ethyl adjacent to an activating group) is 1. The summed E-state index contributed by atoms with van der Waals surface area (Å²) in [5, 5.41) is 12.3. The molecule has 2 aromatic carbocycles. The van der Waals surface area contributed by atoms with Gasteiger partial charge in [-0.05, 0) is 48.9 Å². The first kappa shape index (κ1) is 29.7. The second-order valence-corrected chi connectivity index (χ2v) is 10.1. The highest BCUT2D eigenvalue weighted by Gasteiger charge is 2.39. The molecule has 0 aliphatic rings. The standard InChI is InChI=1S/C23H28F3N5O5S/c1-14(29-20(32)13-21(33)30-17-7-4-15(5-8-17)22(27)28)16-6-9-19(18(12-16)23(24,25)26)37(34,35)31(2)10-11-36-3/h4-9,12,14H,10-11,13H2,1-3H3,(H3,27,28)(H,29,32)(H,30,33).